The molecule has 1 atom stereocenters. The Morgan fingerprint density at radius 2 is 1.71 bits per heavy atom. The van der Waals surface area contributed by atoms with Crippen molar-refractivity contribution >= 4 is 5.97 Å². The van der Waals surface area contributed by atoms with E-state index in [1.165, 1.54) is 6.42 Å². The Bertz CT molecular complexity index is 792. The fourth-order valence-corrected chi connectivity index (χ4v) is 4.20. The van der Waals surface area contributed by atoms with Gasteiger partial charge in [0.2, 0.25) is 0 Å². The summed E-state index contributed by atoms with van der Waals surface area (Å²) in [5.74, 6) is 0.224. The predicted molar refractivity (Wildman–Crippen MR) is 112 cm³/mol. The number of hydrogen-bond acceptors (Lipinski definition) is 4. The Hall–Kier alpha value is -2.17. The molecule has 0 saturated heterocycles. The number of nitrogens with zero attached hydrogens (tertiary/aromatic N) is 1. The second kappa shape index (κ2) is 8.89. The zero-order valence-electron chi connectivity index (χ0n) is 17.1. The highest BCUT2D eigenvalue weighted by Gasteiger charge is 2.38. The van der Waals surface area contributed by atoms with Gasteiger partial charge in [0.1, 0.15) is 5.75 Å². The molecule has 0 spiro atoms. The number of carbonyl (C=O) groups excluding carboxylic acids is 1. The first kappa shape index (κ1) is 20.6. The van der Waals surface area contributed by atoms with Gasteiger partial charge in [-0.1, -0.05) is 49.6 Å². The van der Waals surface area contributed by atoms with E-state index in [-0.39, 0.29) is 11.9 Å². The summed E-state index contributed by atoms with van der Waals surface area (Å²) in [4.78, 5) is 14.6. The third kappa shape index (κ3) is 4.81. The van der Waals surface area contributed by atoms with Crippen LogP contribution in [-0.4, -0.2) is 42.2 Å². The molecule has 4 heteroatoms. The lowest BCUT2D eigenvalue weighted by Crippen LogP contribution is -2.42. The minimum Gasteiger partial charge on any atom is -0.423 e. The highest BCUT2D eigenvalue weighted by molar-refractivity contribution is 5.92. The number of aryl methyl sites for hydroxylation is 1. The van der Waals surface area contributed by atoms with E-state index in [4.69, 9.17) is 4.74 Å². The van der Waals surface area contributed by atoms with Crippen molar-refractivity contribution in [3.8, 4) is 5.75 Å². The van der Waals surface area contributed by atoms with Crippen LogP contribution in [0.2, 0.25) is 0 Å². The number of rotatable bonds is 6. The Morgan fingerprint density at radius 1 is 1.07 bits per heavy atom. The molecule has 2 aromatic rings. The van der Waals surface area contributed by atoms with E-state index < -0.39 is 5.60 Å². The Balaban J connectivity index is 1.77. The van der Waals surface area contributed by atoms with Gasteiger partial charge in [-0.15, -0.1) is 0 Å². The maximum Gasteiger partial charge on any atom is 0.343 e. The van der Waals surface area contributed by atoms with Gasteiger partial charge >= 0.3 is 5.97 Å². The lowest BCUT2D eigenvalue weighted by atomic mass is 9.72. The summed E-state index contributed by atoms with van der Waals surface area (Å²) < 4.78 is 5.56. The summed E-state index contributed by atoms with van der Waals surface area (Å²) in [6.45, 7) is 2.69. The quantitative estimate of drug-likeness (QED) is 0.589. The van der Waals surface area contributed by atoms with Gasteiger partial charge in [0, 0.05) is 12.5 Å². The van der Waals surface area contributed by atoms with Gasteiger partial charge in [-0.05, 0) is 63.2 Å². The third-order valence-corrected chi connectivity index (χ3v) is 5.77. The van der Waals surface area contributed by atoms with Gasteiger partial charge in [0.05, 0.1) is 11.2 Å². The number of aliphatic hydroxyl groups is 1. The lowest BCUT2D eigenvalue weighted by molar-refractivity contribution is -0.0277. The molecular weight excluding hydrogens is 350 g/mol. The van der Waals surface area contributed by atoms with Crippen molar-refractivity contribution in [2.75, 3.05) is 20.6 Å². The van der Waals surface area contributed by atoms with Gasteiger partial charge < -0.3 is 14.7 Å². The minimum absolute atomic E-state index is 0.0453. The molecule has 2 aromatic carbocycles. The molecule has 1 aliphatic rings. The average Bonchev–Trinajstić information content (AvgIpc) is 2.67. The van der Waals surface area contributed by atoms with Crippen molar-refractivity contribution in [3.63, 3.8) is 0 Å². The van der Waals surface area contributed by atoms with Crippen LogP contribution in [0.5, 0.6) is 5.75 Å². The standard InChI is InChI=1S/C24H31NO3/c1-18-9-5-6-10-21(18)23(26)28-20-13-11-19(12-14-20)22(17-25(2)3)24(27)15-7-4-8-16-24/h5-6,9-14,22,27H,4,7-8,15-17H2,1-3H3. The zero-order valence-corrected chi connectivity index (χ0v) is 17.1. The summed E-state index contributed by atoms with van der Waals surface area (Å²) >= 11 is 0. The summed E-state index contributed by atoms with van der Waals surface area (Å²) in [5.41, 5.74) is 1.90. The van der Waals surface area contributed by atoms with E-state index in [9.17, 15) is 9.90 Å². The van der Waals surface area contributed by atoms with Crippen LogP contribution in [0.4, 0.5) is 0 Å². The maximum atomic E-state index is 12.4. The monoisotopic (exact) mass is 381 g/mol. The van der Waals surface area contributed by atoms with Crippen LogP contribution in [0.1, 0.15) is 59.5 Å². The summed E-state index contributed by atoms with van der Waals surface area (Å²) in [6.07, 6.45) is 5.04. The zero-order chi connectivity index (χ0) is 20.1. The Morgan fingerprint density at radius 3 is 2.32 bits per heavy atom. The predicted octanol–water partition coefficient (Wildman–Crippen LogP) is 4.55. The SMILES string of the molecule is Cc1ccccc1C(=O)Oc1ccc(C(CN(C)C)C2(O)CCCCC2)cc1. The van der Waals surface area contributed by atoms with Gasteiger partial charge in [0.15, 0.2) is 0 Å². The van der Waals surface area contributed by atoms with Gasteiger partial charge in [0.25, 0.3) is 0 Å². The molecule has 3 rings (SSSR count). The molecule has 1 N–H and O–H groups in total. The number of hydrogen-bond donors (Lipinski definition) is 1. The van der Waals surface area contributed by atoms with E-state index in [0.29, 0.717) is 11.3 Å². The van der Waals surface area contributed by atoms with Crippen LogP contribution in [-0.2, 0) is 0 Å². The molecule has 28 heavy (non-hydrogen) atoms. The van der Waals surface area contributed by atoms with Gasteiger partial charge in [-0.25, -0.2) is 4.79 Å². The molecule has 0 aliphatic heterocycles. The molecule has 0 amide bonds. The van der Waals surface area contributed by atoms with Crippen LogP contribution in [0.3, 0.4) is 0 Å². The topological polar surface area (TPSA) is 49.8 Å². The second-order valence-corrected chi connectivity index (χ2v) is 8.25. The van der Waals surface area contributed by atoms with Crippen molar-refractivity contribution in [2.45, 2.75) is 50.5 Å². The molecule has 1 aliphatic carbocycles. The van der Waals surface area contributed by atoms with Gasteiger partial charge in [-0.3, -0.25) is 0 Å². The number of benzene rings is 2. The molecule has 1 fully saturated rings. The number of likely N-dealkylation sites (N-methyl/N-ethyl adjacent to an activating group) is 1. The Labute approximate surface area is 168 Å². The molecule has 1 unspecified atom stereocenters. The number of esters is 1. The van der Waals surface area contributed by atoms with Crippen LogP contribution >= 0.6 is 0 Å². The number of ether oxygens (including phenoxy) is 1. The molecule has 0 heterocycles. The first-order valence-electron chi connectivity index (χ1n) is 10.1. The first-order chi connectivity index (χ1) is 13.4. The van der Waals surface area contributed by atoms with Gasteiger partial charge in [-0.2, -0.15) is 0 Å². The second-order valence-electron chi connectivity index (χ2n) is 8.25. The molecular formula is C24H31NO3. The summed E-state index contributed by atoms with van der Waals surface area (Å²) in [6, 6.07) is 15.1. The van der Waals surface area contributed by atoms with E-state index >= 15 is 0 Å². The Kier molecular flexibility index (Phi) is 6.53. The molecule has 0 radical (unpaired) electrons. The molecule has 1 saturated carbocycles. The molecule has 4 nitrogen and oxygen atoms in total. The smallest absolute Gasteiger partial charge is 0.343 e. The van der Waals surface area contributed by atoms with E-state index in [2.05, 4.69) is 4.90 Å². The van der Waals surface area contributed by atoms with E-state index in [1.54, 1.807) is 6.07 Å². The van der Waals surface area contributed by atoms with Crippen LogP contribution in [0.15, 0.2) is 48.5 Å². The number of carbonyl (C=O) groups is 1. The molecule has 0 aromatic heterocycles. The highest BCUT2D eigenvalue weighted by Crippen LogP contribution is 2.40. The lowest BCUT2D eigenvalue weighted by Gasteiger charge is -2.40. The maximum absolute atomic E-state index is 12.4. The minimum atomic E-state index is -0.665. The first-order valence-corrected chi connectivity index (χ1v) is 10.1. The normalized spacial score (nSPS) is 17.3. The summed E-state index contributed by atoms with van der Waals surface area (Å²) in [7, 11) is 4.08. The van der Waals surface area contributed by atoms with Crippen LogP contribution in [0.25, 0.3) is 0 Å². The fraction of sp³-hybridized carbons (Fsp3) is 0.458. The van der Waals surface area contributed by atoms with Crippen molar-refractivity contribution in [3.05, 3.63) is 65.2 Å². The van der Waals surface area contributed by atoms with E-state index in [0.717, 1.165) is 43.4 Å². The van der Waals surface area contributed by atoms with E-state index in [1.807, 2.05) is 63.5 Å². The molecule has 150 valence electrons. The average molecular weight is 382 g/mol. The fourth-order valence-electron chi connectivity index (χ4n) is 4.20. The van der Waals surface area contributed by atoms with Crippen molar-refractivity contribution < 1.29 is 14.6 Å². The highest BCUT2D eigenvalue weighted by atomic mass is 16.5. The third-order valence-electron chi connectivity index (χ3n) is 5.77. The largest absolute Gasteiger partial charge is 0.423 e. The van der Waals surface area contributed by atoms with Crippen molar-refractivity contribution in [1.29, 1.82) is 0 Å². The summed E-state index contributed by atoms with van der Waals surface area (Å²) in [5, 5.41) is 11.3. The van der Waals surface area contributed by atoms with Crippen molar-refractivity contribution in [1.82, 2.24) is 4.90 Å². The molecule has 0 bridgehead atoms. The van der Waals surface area contributed by atoms with Crippen LogP contribution in [0, 0.1) is 6.92 Å². The van der Waals surface area contributed by atoms with Crippen LogP contribution < -0.4 is 4.74 Å². The van der Waals surface area contributed by atoms with Crippen molar-refractivity contribution in [2.24, 2.45) is 0 Å².